The van der Waals surface area contributed by atoms with E-state index in [-0.39, 0.29) is 0 Å². The summed E-state index contributed by atoms with van der Waals surface area (Å²) in [5.41, 5.74) is 2.49. The maximum Gasteiger partial charge on any atom is 0.0671 e. The van der Waals surface area contributed by atoms with Gasteiger partial charge in [0.15, 0.2) is 0 Å². The topological polar surface area (TPSA) is 0 Å². The van der Waals surface area contributed by atoms with Crippen molar-refractivity contribution in [2.24, 2.45) is 0 Å². The maximum absolute atomic E-state index is 6.18. The van der Waals surface area contributed by atoms with E-state index < -0.39 is 0 Å². The fourth-order valence-electron chi connectivity index (χ4n) is 1.65. The Labute approximate surface area is 130 Å². The Kier molecular flexibility index (Phi) is 4.69. The second-order valence-corrected chi connectivity index (χ2v) is 5.66. The molecule has 2 rings (SSSR count). The van der Waals surface area contributed by atoms with Crippen molar-refractivity contribution in [2.45, 2.75) is 5.88 Å². The molecule has 0 nitrogen and oxygen atoms in total. The predicted molar refractivity (Wildman–Crippen MR) is 81.5 cm³/mol. The molecule has 0 aliphatic rings. The third-order valence-corrected chi connectivity index (χ3v) is 3.96. The molecule has 2 aromatic carbocycles. The van der Waals surface area contributed by atoms with Gasteiger partial charge in [0.05, 0.1) is 10.0 Å². The SMILES string of the molecule is ClCc1cc(Cl)cc(-c2cc(Cl)cc(Cl)c2Cl)c1. The van der Waals surface area contributed by atoms with Gasteiger partial charge in [0.1, 0.15) is 0 Å². The standard InChI is InChI=1S/C13H7Cl5/c14-6-7-1-8(3-9(15)2-7)11-4-10(16)5-12(17)13(11)18/h1-5H,6H2. The van der Waals surface area contributed by atoms with Crippen molar-refractivity contribution < 1.29 is 0 Å². The predicted octanol–water partition coefficient (Wildman–Crippen LogP) is 6.71. The molecule has 0 unspecified atom stereocenters. The lowest BCUT2D eigenvalue weighted by Crippen LogP contribution is -1.85. The first kappa shape index (κ1) is 14.3. The highest BCUT2D eigenvalue weighted by Gasteiger charge is 2.10. The summed E-state index contributed by atoms with van der Waals surface area (Å²) in [6.07, 6.45) is 0. The van der Waals surface area contributed by atoms with Crippen LogP contribution < -0.4 is 0 Å². The van der Waals surface area contributed by atoms with Crippen LogP contribution in [0.5, 0.6) is 0 Å². The van der Waals surface area contributed by atoms with Crippen LogP contribution in [0.25, 0.3) is 11.1 Å². The summed E-state index contributed by atoms with van der Waals surface area (Å²) in [7, 11) is 0. The lowest BCUT2D eigenvalue weighted by atomic mass is 10.0. The second kappa shape index (κ2) is 5.90. The summed E-state index contributed by atoms with van der Waals surface area (Å²) in [6.45, 7) is 0. The largest absolute Gasteiger partial charge is 0.122 e. The molecule has 0 N–H and O–H groups in total. The van der Waals surface area contributed by atoms with Crippen LogP contribution in [0.2, 0.25) is 20.1 Å². The molecule has 0 saturated heterocycles. The van der Waals surface area contributed by atoms with Crippen molar-refractivity contribution in [1.82, 2.24) is 0 Å². The fraction of sp³-hybridized carbons (Fsp3) is 0.0769. The third kappa shape index (κ3) is 3.07. The van der Waals surface area contributed by atoms with Crippen molar-refractivity contribution in [3.05, 3.63) is 56.0 Å². The molecule has 0 aromatic heterocycles. The quantitative estimate of drug-likeness (QED) is 0.421. The van der Waals surface area contributed by atoms with E-state index in [9.17, 15) is 0 Å². The lowest BCUT2D eigenvalue weighted by Gasteiger charge is -2.09. The number of alkyl halides is 1. The first-order valence-corrected chi connectivity index (χ1v) is 7.06. The van der Waals surface area contributed by atoms with Crippen molar-refractivity contribution in [2.75, 3.05) is 0 Å². The number of benzene rings is 2. The summed E-state index contributed by atoms with van der Waals surface area (Å²) < 4.78 is 0. The molecule has 0 aliphatic heterocycles. The molecule has 0 bridgehead atoms. The monoisotopic (exact) mass is 338 g/mol. The van der Waals surface area contributed by atoms with Gasteiger partial charge in [0.25, 0.3) is 0 Å². The highest BCUT2D eigenvalue weighted by Crippen LogP contribution is 2.37. The van der Waals surface area contributed by atoms with E-state index >= 15 is 0 Å². The Morgan fingerprint density at radius 3 is 2.11 bits per heavy atom. The molecule has 2 aromatic rings. The highest BCUT2D eigenvalue weighted by atomic mass is 35.5. The average Bonchev–Trinajstić information content (AvgIpc) is 2.32. The van der Waals surface area contributed by atoms with Crippen LogP contribution >= 0.6 is 58.0 Å². The Morgan fingerprint density at radius 2 is 1.44 bits per heavy atom. The number of hydrogen-bond donors (Lipinski definition) is 0. The van der Waals surface area contributed by atoms with Crippen LogP contribution in [0.15, 0.2) is 30.3 Å². The molecule has 0 aliphatic carbocycles. The smallest absolute Gasteiger partial charge is 0.0671 e. The zero-order valence-electron chi connectivity index (χ0n) is 8.98. The normalized spacial score (nSPS) is 10.7. The first-order chi connectivity index (χ1) is 8.51. The molecule has 0 heterocycles. The minimum atomic E-state index is 0.374. The molecule has 0 saturated carbocycles. The number of rotatable bonds is 2. The van der Waals surface area contributed by atoms with Gasteiger partial charge in [-0.2, -0.15) is 0 Å². The molecule has 18 heavy (non-hydrogen) atoms. The zero-order valence-corrected chi connectivity index (χ0v) is 12.8. The summed E-state index contributed by atoms with van der Waals surface area (Å²) in [5.74, 6) is 0.374. The van der Waals surface area contributed by atoms with Gasteiger partial charge in [0.2, 0.25) is 0 Å². The van der Waals surface area contributed by atoms with Gasteiger partial charge >= 0.3 is 0 Å². The molecular weight excluding hydrogens is 333 g/mol. The van der Waals surface area contributed by atoms with Crippen LogP contribution in [0.4, 0.5) is 0 Å². The fourth-order valence-corrected chi connectivity index (χ4v) is 2.77. The molecule has 0 atom stereocenters. The van der Waals surface area contributed by atoms with Gasteiger partial charge in [-0.15, -0.1) is 11.6 Å². The van der Waals surface area contributed by atoms with E-state index in [1.807, 2.05) is 6.07 Å². The minimum Gasteiger partial charge on any atom is -0.122 e. The Bertz CT molecular complexity index is 592. The highest BCUT2D eigenvalue weighted by molar-refractivity contribution is 6.45. The molecule has 0 spiro atoms. The Balaban J connectivity index is 2.65. The van der Waals surface area contributed by atoms with Gasteiger partial charge in [-0.1, -0.05) is 46.4 Å². The molecule has 0 amide bonds. The molecule has 0 fully saturated rings. The summed E-state index contributed by atoms with van der Waals surface area (Å²) in [6, 6.07) is 8.86. The molecule has 5 heteroatoms. The van der Waals surface area contributed by atoms with Gasteiger partial charge in [-0.3, -0.25) is 0 Å². The van der Waals surface area contributed by atoms with Crippen LogP contribution in [0, 0.1) is 0 Å². The zero-order chi connectivity index (χ0) is 13.3. The van der Waals surface area contributed by atoms with Crippen molar-refractivity contribution in [1.29, 1.82) is 0 Å². The van der Waals surface area contributed by atoms with Crippen LogP contribution in [-0.2, 0) is 5.88 Å². The Hall–Kier alpha value is -0.110. The lowest BCUT2D eigenvalue weighted by molar-refractivity contribution is 1.40. The minimum absolute atomic E-state index is 0.374. The summed E-state index contributed by atoms with van der Waals surface area (Å²) in [5, 5.41) is 1.97. The van der Waals surface area contributed by atoms with E-state index in [0.29, 0.717) is 26.0 Å². The third-order valence-electron chi connectivity index (χ3n) is 2.42. The molecule has 94 valence electrons. The Morgan fingerprint density at radius 1 is 0.778 bits per heavy atom. The average molecular weight is 340 g/mol. The molecule has 0 radical (unpaired) electrons. The van der Waals surface area contributed by atoms with E-state index in [0.717, 1.165) is 16.7 Å². The summed E-state index contributed by atoms with van der Waals surface area (Å²) in [4.78, 5) is 0. The van der Waals surface area contributed by atoms with E-state index in [2.05, 4.69) is 0 Å². The van der Waals surface area contributed by atoms with E-state index in [4.69, 9.17) is 58.0 Å². The number of hydrogen-bond acceptors (Lipinski definition) is 0. The van der Waals surface area contributed by atoms with Crippen LogP contribution in [0.3, 0.4) is 0 Å². The second-order valence-electron chi connectivity index (χ2n) is 3.73. The van der Waals surface area contributed by atoms with Crippen molar-refractivity contribution >= 4 is 58.0 Å². The van der Waals surface area contributed by atoms with E-state index in [1.165, 1.54) is 0 Å². The van der Waals surface area contributed by atoms with Gasteiger partial charge in [0, 0.05) is 21.5 Å². The maximum atomic E-state index is 6.18. The van der Waals surface area contributed by atoms with Crippen LogP contribution in [-0.4, -0.2) is 0 Å². The van der Waals surface area contributed by atoms with E-state index in [1.54, 1.807) is 24.3 Å². The van der Waals surface area contributed by atoms with Gasteiger partial charge < -0.3 is 0 Å². The van der Waals surface area contributed by atoms with Crippen molar-refractivity contribution in [3.63, 3.8) is 0 Å². The molecular formula is C13H7Cl5. The number of halogens is 5. The van der Waals surface area contributed by atoms with Gasteiger partial charge in [-0.25, -0.2) is 0 Å². The van der Waals surface area contributed by atoms with Crippen molar-refractivity contribution in [3.8, 4) is 11.1 Å². The first-order valence-electron chi connectivity index (χ1n) is 5.01. The summed E-state index contributed by atoms with van der Waals surface area (Å²) >= 11 is 30.0. The van der Waals surface area contributed by atoms with Gasteiger partial charge in [-0.05, 0) is 41.5 Å². The van der Waals surface area contributed by atoms with Crippen LogP contribution in [0.1, 0.15) is 5.56 Å².